The van der Waals surface area contributed by atoms with Crippen molar-refractivity contribution in [1.82, 2.24) is 0 Å². The fraction of sp³-hybridized carbons (Fsp3) is 0.375. The second-order valence-electron chi connectivity index (χ2n) is 2.43. The van der Waals surface area contributed by atoms with Gasteiger partial charge in [-0.3, -0.25) is 0 Å². The predicted octanol–water partition coefficient (Wildman–Crippen LogP) is 2.58. The quantitative estimate of drug-likeness (QED) is 0.835. The van der Waals surface area contributed by atoms with E-state index in [9.17, 15) is 4.79 Å². The highest BCUT2D eigenvalue weighted by molar-refractivity contribution is 9.10. The Morgan fingerprint density at radius 3 is 2.69 bits per heavy atom. The summed E-state index contributed by atoms with van der Waals surface area (Å²) in [6, 6.07) is 0. The van der Waals surface area contributed by atoms with E-state index in [0.717, 1.165) is 9.35 Å². The molecule has 0 unspecified atom stereocenters. The van der Waals surface area contributed by atoms with Crippen LogP contribution in [0.1, 0.15) is 22.2 Å². The normalized spacial score (nSPS) is 10.1. The minimum atomic E-state index is -0.365. The van der Waals surface area contributed by atoms with Crippen molar-refractivity contribution < 1.29 is 9.53 Å². The molecule has 0 saturated heterocycles. The third-order valence-corrected chi connectivity index (χ3v) is 3.71. The number of ether oxygens (including phenoxy) is 1. The summed E-state index contributed by atoms with van der Waals surface area (Å²) in [6.45, 7) is 4.02. The van der Waals surface area contributed by atoms with Gasteiger partial charge in [0.15, 0.2) is 0 Å². The number of carbonyl (C=O) groups excluding carboxylic acids is 1. The first-order valence-electron chi connectivity index (χ1n) is 3.79. The molecule has 2 N–H and O–H groups in total. The van der Waals surface area contributed by atoms with E-state index in [1.807, 2.05) is 6.92 Å². The van der Waals surface area contributed by atoms with Crippen molar-refractivity contribution in [2.45, 2.75) is 13.8 Å². The van der Waals surface area contributed by atoms with Crippen LogP contribution in [0.2, 0.25) is 0 Å². The van der Waals surface area contributed by atoms with Gasteiger partial charge < -0.3 is 10.5 Å². The Kier molecular flexibility index (Phi) is 3.33. The summed E-state index contributed by atoms with van der Waals surface area (Å²) in [5.74, 6) is -0.365. The number of aryl methyl sites for hydroxylation is 1. The van der Waals surface area contributed by atoms with E-state index in [2.05, 4.69) is 15.9 Å². The molecular formula is C8H10BrNO2S. The van der Waals surface area contributed by atoms with E-state index in [0.29, 0.717) is 17.2 Å². The number of rotatable bonds is 2. The van der Waals surface area contributed by atoms with E-state index in [1.54, 1.807) is 6.92 Å². The molecule has 0 aliphatic carbocycles. The molecule has 1 rings (SSSR count). The standard InChI is InChI=1S/C8H10BrNO2S/c1-3-12-8(11)5-6(9)4(2)13-7(5)10/h3,10H2,1-2H3. The van der Waals surface area contributed by atoms with Gasteiger partial charge in [0.05, 0.1) is 6.61 Å². The van der Waals surface area contributed by atoms with E-state index < -0.39 is 0 Å². The molecule has 0 bridgehead atoms. The molecule has 0 aromatic carbocycles. The Balaban J connectivity index is 3.06. The molecule has 1 aromatic heterocycles. The predicted molar refractivity (Wildman–Crippen MR) is 57.1 cm³/mol. The molecule has 0 saturated carbocycles. The van der Waals surface area contributed by atoms with Crippen LogP contribution in [0.15, 0.2) is 4.47 Å². The van der Waals surface area contributed by atoms with Gasteiger partial charge in [0.2, 0.25) is 0 Å². The zero-order valence-electron chi connectivity index (χ0n) is 7.39. The van der Waals surface area contributed by atoms with Crippen molar-refractivity contribution in [3.8, 4) is 0 Å². The summed E-state index contributed by atoms with van der Waals surface area (Å²) in [4.78, 5) is 12.4. The number of nitrogens with two attached hydrogens (primary N) is 1. The zero-order chi connectivity index (χ0) is 10.0. The molecule has 72 valence electrons. The molecule has 1 aromatic rings. The van der Waals surface area contributed by atoms with E-state index in [1.165, 1.54) is 11.3 Å². The molecule has 0 amide bonds. The van der Waals surface area contributed by atoms with Crippen molar-refractivity contribution in [3.05, 3.63) is 14.9 Å². The van der Waals surface area contributed by atoms with Gasteiger partial charge >= 0.3 is 5.97 Å². The lowest BCUT2D eigenvalue weighted by atomic mass is 10.3. The molecule has 5 heteroatoms. The second-order valence-corrected chi connectivity index (χ2v) is 4.48. The first-order chi connectivity index (χ1) is 6.07. The molecule has 0 fully saturated rings. The maximum Gasteiger partial charge on any atom is 0.342 e. The number of hydrogen-bond acceptors (Lipinski definition) is 4. The van der Waals surface area contributed by atoms with Crippen molar-refractivity contribution in [2.24, 2.45) is 0 Å². The molecule has 3 nitrogen and oxygen atoms in total. The molecule has 0 aliphatic rings. The minimum Gasteiger partial charge on any atom is -0.462 e. The van der Waals surface area contributed by atoms with Crippen LogP contribution in [0.4, 0.5) is 5.00 Å². The Bertz CT molecular complexity index is 335. The average molecular weight is 264 g/mol. The van der Waals surface area contributed by atoms with Gasteiger partial charge in [-0.15, -0.1) is 11.3 Å². The molecular weight excluding hydrogens is 254 g/mol. The summed E-state index contributed by atoms with van der Waals surface area (Å²) in [6.07, 6.45) is 0. The summed E-state index contributed by atoms with van der Waals surface area (Å²) in [5, 5.41) is 0.503. The van der Waals surface area contributed by atoms with E-state index in [-0.39, 0.29) is 5.97 Å². The Labute approximate surface area is 89.0 Å². The third-order valence-electron chi connectivity index (χ3n) is 1.52. The van der Waals surface area contributed by atoms with Crippen molar-refractivity contribution >= 4 is 38.2 Å². The summed E-state index contributed by atoms with van der Waals surface area (Å²) >= 11 is 4.68. The van der Waals surface area contributed by atoms with Crippen LogP contribution >= 0.6 is 27.3 Å². The largest absolute Gasteiger partial charge is 0.462 e. The highest BCUT2D eigenvalue weighted by Crippen LogP contribution is 2.34. The van der Waals surface area contributed by atoms with Gasteiger partial charge in [-0.2, -0.15) is 0 Å². The summed E-state index contributed by atoms with van der Waals surface area (Å²) in [7, 11) is 0. The number of nitrogen functional groups attached to an aromatic ring is 1. The number of anilines is 1. The van der Waals surface area contributed by atoms with Gasteiger partial charge in [-0.25, -0.2) is 4.79 Å². The first-order valence-corrected chi connectivity index (χ1v) is 5.40. The van der Waals surface area contributed by atoms with E-state index >= 15 is 0 Å². The fourth-order valence-electron chi connectivity index (χ4n) is 0.938. The van der Waals surface area contributed by atoms with Crippen LogP contribution in [-0.4, -0.2) is 12.6 Å². The highest BCUT2D eigenvalue weighted by Gasteiger charge is 2.19. The van der Waals surface area contributed by atoms with Crippen molar-refractivity contribution in [2.75, 3.05) is 12.3 Å². The SMILES string of the molecule is CCOC(=O)c1c(N)sc(C)c1Br. The molecule has 1 heterocycles. The number of hydrogen-bond donors (Lipinski definition) is 1. The van der Waals surface area contributed by atoms with Crippen LogP contribution in [0.25, 0.3) is 0 Å². The van der Waals surface area contributed by atoms with Gasteiger partial charge in [-0.1, -0.05) is 0 Å². The van der Waals surface area contributed by atoms with Crippen molar-refractivity contribution in [3.63, 3.8) is 0 Å². The lowest BCUT2D eigenvalue weighted by molar-refractivity contribution is 0.0527. The number of thiophene rings is 1. The van der Waals surface area contributed by atoms with Gasteiger partial charge in [0, 0.05) is 9.35 Å². The van der Waals surface area contributed by atoms with Crippen LogP contribution in [0.5, 0.6) is 0 Å². The lowest BCUT2D eigenvalue weighted by Crippen LogP contribution is -2.06. The average Bonchev–Trinajstić information content (AvgIpc) is 2.27. The second kappa shape index (κ2) is 4.11. The molecule has 0 spiro atoms. The van der Waals surface area contributed by atoms with Gasteiger partial charge in [0.1, 0.15) is 10.6 Å². The third kappa shape index (κ3) is 2.03. The maximum atomic E-state index is 11.4. The minimum absolute atomic E-state index is 0.361. The summed E-state index contributed by atoms with van der Waals surface area (Å²) in [5.41, 5.74) is 6.11. The first kappa shape index (κ1) is 10.5. The lowest BCUT2D eigenvalue weighted by Gasteiger charge is -2.00. The van der Waals surface area contributed by atoms with Crippen LogP contribution in [0.3, 0.4) is 0 Å². The maximum absolute atomic E-state index is 11.4. The van der Waals surface area contributed by atoms with Crippen LogP contribution < -0.4 is 5.73 Å². The van der Waals surface area contributed by atoms with Gasteiger partial charge in [-0.05, 0) is 29.8 Å². The number of carbonyl (C=O) groups is 1. The van der Waals surface area contributed by atoms with E-state index in [4.69, 9.17) is 10.5 Å². The van der Waals surface area contributed by atoms with Crippen LogP contribution in [-0.2, 0) is 4.74 Å². The van der Waals surface area contributed by atoms with Crippen molar-refractivity contribution in [1.29, 1.82) is 0 Å². The molecule has 0 radical (unpaired) electrons. The molecule has 13 heavy (non-hydrogen) atoms. The number of esters is 1. The monoisotopic (exact) mass is 263 g/mol. The zero-order valence-corrected chi connectivity index (χ0v) is 9.79. The van der Waals surface area contributed by atoms with Gasteiger partial charge in [0.25, 0.3) is 0 Å². The Hall–Kier alpha value is -0.550. The molecule has 0 atom stereocenters. The smallest absolute Gasteiger partial charge is 0.342 e. The van der Waals surface area contributed by atoms with Crippen LogP contribution in [0, 0.1) is 6.92 Å². The Morgan fingerprint density at radius 2 is 2.31 bits per heavy atom. The highest BCUT2D eigenvalue weighted by atomic mass is 79.9. The Morgan fingerprint density at radius 1 is 1.69 bits per heavy atom. The summed E-state index contributed by atoms with van der Waals surface area (Å²) < 4.78 is 5.60. The molecule has 0 aliphatic heterocycles. The fourth-order valence-corrected chi connectivity index (χ4v) is 2.50. The topological polar surface area (TPSA) is 52.3 Å². The number of halogens is 1.